The molecule has 0 bridgehead atoms. The van der Waals surface area contributed by atoms with Gasteiger partial charge < -0.3 is 20.1 Å². The van der Waals surface area contributed by atoms with Crippen molar-refractivity contribution in [2.45, 2.75) is 0 Å². The van der Waals surface area contributed by atoms with Gasteiger partial charge in [0.15, 0.2) is 0 Å². The Balaban J connectivity index is 1.75. The molecule has 0 atom stereocenters. The molecule has 116 valence electrons. The van der Waals surface area contributed by atoms with Crippen LogP contribution in [0.2, 0.25) is 0 Å². The third kappa shape index (κ3) is 4.66. The van der Waals surface area contributed by atoms with Crippen molar-refractivity contribution in [3.8, 4) is 11.5 Å². The van der Waals surface area contributed by atoms with Gasteiger partial charge in [-0.05, 0) is 40.2 Å². The molecule has 0 saturated carbocycles. The quantitative estimate of drug-likeness (QED) is 0.769. The summed E-state index contributed by atoms with van der Waals surface area (Å²) in [5, 5.41) is 5.46. The summed E-state index contributed by atoms with van der Waals surface area (Å²) in [7, 11) is 1.56. The van der Waals surface area contributed by atoms with Crippen LogP contribution in [0, 0.1) is 0 Å². The molecule has 0 aliphatic heterocycles. The van der Waals surface area contributed by atoms with Crippen LogP contribution in [0.15, 0.2) is 53.0 Å². The first-order valence-corrected chi connectivity index (χ1v) is 7.55. The number of carbonyl (C=O) groups excluding carboxylic acids is 1. The van der Waals surface area contributed by atoms with Crippen LogP contribution in [0.4, 0.5) is 10.5 Å². The number of hydrogen-bond acceptors (Lipinski definition) is 3. The molecule has 0 aromatic heterocycles. The molecule has 0 spiro atoms. The van der Waals surface area contributed by atoms with E-state index in [1.165, 1.54) is 0 Å². The Morgan fingerprint density at radius 2 is 1.77 bits per heavy atom. The van der Waals surface area contributed by atoms with Crippen molar-refractivity contribution in [2.24, 2.45) is 0 Å². The number of para-hydroxylation sites is 3. The second-order valence-electron chi connectivity index (χ2n) is 4.36. The Morgan fingerprint density at radius 3 is 2.50 bits per heavy atom. The molecule has 0 unspecified atom stereocenters. The van der Waals surface area contributed by atoms with Crippen LogP contribution in [0.1, 0.15) is 0 Å². The Labute approximate surface area is 137 Å². The fourth-order valence-corrected chi connectivity index (χ4v) is 2.20. The van der Waals surface area contributed by atoms with Crippen molar-refractivity contribution < 1.29 is 14.3 Å². The first kappa shape index (κ1) is 16.2. The van der Waals surface area contributed by atoms with Gasteiger partial charge in [0.05, 0.1) is 23.8 Å². The summed E-state index contributed by atoms with van der Waals surface area (Å²) in [6, 6.07) is 14.5. The highest BCUT2D eigenvalue weighted by atomic mass is 79.9. The lowest BCUT2D eigenvalue weighted by molar-refractivity contribution is 0.247. The highest BCUT2D eigenvalue weighted by Gasteiger charge is 2.06. The second kappa shape index (κ2) is 8.29. The number of urea groups is 1. The zero-order valence-corrected chi connectivity index (χ0v) is 13.7. The lowest BCUT2D eigenvalue weighted by Crippen LogP contribution is -2.32. The number of benzene rings is 2. The molecule has 2 N–H and O–H groups in total. The van der Waals surface area contributed by atoms with Gasteiger partial charge in [0, 0.05) is 0 Å². The van der Waals surface area contributed by atoms with Crippen molar-refractivity contribution in [2.75, 3.05) is 25.6 Å². The van der Waals surface area contributed by atoms with Gasteiger partial charge in [-0.25, -0.2) is 4.79 Å². The Morgan fingerprint density at radius 1 is 1.09 bits per heavy atom. The number of carbonyl (C=O) groups is 1. The minimum Gasteiger partial charge on any atom is -0.495 e. The summed E-state index contributed by atoms with van der Waals surface area (Å²) in [5.74, 6) is 1.36. The average Bonchev–Trinajstić information content (AvgIpc) is 2.53. The van der Waals surface area contributed by atoms with E-state index < -0.39 is 0 Å². The van der Waals surface area contributed by atoms with E-state index in [9.17, 15) is 4.79 Å². The van der Waals surface area contributed by atoms with Crippen molar-refractivity contribution in [3.63, 3.8) is 0 Å². The molecule has 5 nitrogen and oxygen atoms in total. The Kier molecular flexibility index (Phi) is 6.09. The van der Waals surface area contributed by atoms with E-state index in [4.69, 9.17) is 9.47 Å². The van der Waals surface area contributed by atoms with Crippen molar-refractivity contribution in [1.29, 1.82) is 0 Å². The third-order valence-corrected chi connectivity index (χ3v) is 3.49. The molecule has 0 heterocycles. The fourth-order valence-electron chi connectivity index (χ4n) is 1.80. The van der Waals surface area contributed by atoms with E-state index in [-0.39, 0.29) is 6.03 Å². The van der Waals surface area contributed by atoms with Gasteiger partial charge in [0.25, 0.3) is 0 Å². The minimum atomic E-state index is -0.305. The molecule has 0 fully saturated rings. The van der Waals surface area contributed by atoms with E-state index in [0.717, 1.165) is 10.2 Å². The maximum Gasteiger partial charge on any atom is 0.319 e. The Hall–Kier alpha value is -2.21. The molecule has 22 heavy (non-hydrogen) atoms. The van der Waals surface area contributed by atoms with E-state index in [1.54, 1.807) is 19.2 Å². The van der Waals surface area contributed by atoms with Crippen molar-refractivity contribution in [1.82, 2.24) is 5.32 Å². The second-order valence-corrected chi connectivity index (χ2v) is 5.21. The molecule has 2 amide bonds. The molecule has 0 aliphatic carbocycles. The van der Waals surface area contributed by atoms with E-state index in [0.29, 0.717) is 24.6 Å². The lowest BCUT2D eigenvalue weighted by atomic mass is 10.3. The summed E-state index contributed by atoms with van der Waals surface area (Å²) < 4.78 is 11.6. The highest BCUT2D eigenvalue weighted by Crippen LogP contribution is 2.24. The minimum absolute atomic E-state index is 0.305. The smallest absolute Gasteiger partial charge is 0.319 e. The highest BCUT2D eigenvalue weighted by molar-refractivity contribution is 9.10. The van der Waals surface area contributed by atoms with Crippen molar-refractivity contribution >= 4 is 27.6 Å². The Bertz CT molecular complexity index is 634. The standard InChI is InChI=1S/C16H17BrN2O3/c1-21-15-9-5-3-7-13(15)19-16(20)18-10-11-22-14-8-4-2-6-12(14)17/h2-9H,10-11H2,1H3,(H2,18,19,20). The van der Waals surface area contributed by atoms with E-state index in [2.05, 4.69) is 26.6 Å². The normalized spacial score (nSPS) is 9.91. The molecular weight excluding hydrogens is 348 g/mol. The molecule has 0 saturated heterocycles. The monoisotopic (exact) mass is 364 g/mol. The van der Waals surface area contributed by atoms with Crippen LogP contribution in [-0.2, 0) is 0 Å². The van der Waals surface area contributed by atoms with Gasteiger partial charge >= 0.3 is 6.03 Å². The summed E-state index contributed by atoms with van der Waals surface area (Å²) in [6.45, 7) is 0.768. The molecule has 6 heteroatoms. The molecule has 2 aromatic rings. The lowest BCUT2D eigenvalue weighted by Gasteiger charge is -2.11. The van der Waals surface area contributed by atoms with Crippen LogP contribution in [0.25, 0.3) is 0 Å². The van der Waals surface area contributed by atoms with E-state index >= 15 is 0 Å². The summed E-state index contributed by atoms with van der Waals surface area (Å²) in [6.07, 6.45) is 0. The predicted octanol–water partition coefficient (Wildman–Crippen LogP) is 3.66. The molecular formula is C16H17BrN2O3. The van der Waals surface area contributed by atoms with E-state index in [1.807, 2.05) is 36.4 Å². The maximum absolute atomic E-state index is 11.8. The number of halogens is 1. The number of ether oxygens (including phenoxy) is 2. The van der Waals surface area contributed by atoms with Crippen LogP contribution < -0.4 is 20.1 Å². The number of methoxy groups -OCH3 is 1. The molecule has 2 rings (SSSR count). The average molecular weight is 365 g/mol. The van der Waals surface area contributed by atoms with Crippen LogP contribution in [0.3, 0.4) is 0 Å². The van der Waals surface area contributed by atoms with Crippen LogP contribution >= 0.6 is 15.9 Å². The number of hydrogen-bond donors (Lipinski definition) is 2. The summed E-state index contributed by atoms with van der Waals surface area (Å²) in [4.78, 5) is 11.8. The predicted molar refractivity (Wildman–Crippen MR) is 89.7 cm³/mol. The van der Waals surface area contributed by atoms with Gasteiger partial charge in [-0.15, -0.1) is 0 Å². The van der Waals surface area contributed by atoms with Gasteiger partial charge in [0.2, 0.25) is 0 Å². The number of nitrogens with one attached hydrogen (secondary N) is 2. The van der Waals surface area contributed by atoms with Gasteiger partial charge in [0.1, 0.15) is 18.1 Å². The SMILES string of the molecule is COc1ccccc1NC(=O)NCCOc1ccccc1Br. The zero-order chi connectivity index (χ0) is 15.8. The first-order valence-electron chi connectivity index (χ1n) is 6.76. The fraction of sp³-hybridized carbons (Fsp3) is 0.188. The summed E-state index contributed by atoms with van der Waals surface area (Å²) in [5.41, 5.74) is 0.620. The van der Waals surface area contributed by atoms with Crippen molar-refractivity contribution in [3.05, 3.63) is 53.0 Å². The van der Waals surface area contributed by atoms with Crippen LogP contribution in [0.5, 0.6) is 11.5 Å². The number of rotatable bonds is 6. The third-order valence-electron chi connectivity index (χ3n) is 2.84. The first-order chi connectivity index (χ1) is 10.7. The van der Waals surface area contributed by atoms with Gasteiger partial charge in [-0.3, -0.25) is 0 Å². The number of anilines is 1. The van der Waals surface area contributed by atoms with Gasteiger partial charge in [-0.2, -0.15) is 0 Å². The maximum atomic E-state index is 11.8. The topological polar surface area (TPSA) is 59.6 Å². The number of amides is 2. The molecule has 2 aromatic carbocycles. The zero-order valence-electron chi connectivity index (χ0n) is 12.1. The van der Waals surface area contributed by atoms with Crippen LogP contribution in [-0.4, -0.2) is 26.3 Å². The molecule has 0 aliphatic rings. The summed E-state index contributed by atoms with van der Waals surface area (Å²) >= 11 is 3.40. The largest absolute Gasteiger partial charge is 0.495 e. The molecule has 0 radical (unpaired) electrons. The van der Waals surface area contributed by atoms with Gasteiger partial charge in [-0.1, -0.05) is 24.3 Å².